The Bertz CT molecular complexity index is 707. The number of aryl methyl sites for hydroxylation is 1. The molecule has 3 N–H and O–H groups in total. The quantitative estimate of drug-likeness (QED) is 0.509. The van der Waals surface area contributed by atoms with E-state index < -0.39 is 24.0 Å². The highest BCUT2D eigenvalue weighted by Crippen LogP contribution is 2.28. The number of anilines is 1. The second-order valence-electron chi connectivity index (χ2n) is 4.65. The number of aromatic nitrogens is 3. The fraction of sp³-hybridized carbons (Fsp3) is 0.308. The molecule has 0 aliphatic heterocycles. The topological polar surface area (TPSA) is 86.0 Å². The second kappa shape index (κ2) is 6.32. The first-order chi connectivity index (χ1) is 10.7. The minimum atomic E-state index is -4.61. The Hall–Kier alpha value is -2.49. The predicted molar refractivity (Wildman–Crippen MR) is 73.9 cm³/mol. The highest BCUT2D eigenvalue weighted by Gasteiger charge is 2.38. The van der Waals surface area contributed by atoms with E-state index >= 15 is 0 Å². The average Bonchev–Trinajstić information content (AvgIpc) is 2.48. The molecule has 0 aromatic carbocycles. The molecule has 10 heteroatoms. The average molecular weight is 331 g/mol. The van der Waals surface area contributed by atoms with Crippen molar-refractivity contribution in [3.05, 3.63) is 30.0 Å². The highest BCUT2D eigenvalue weighted by molar-refractivity contribution is 5.61. The summed E-state index contributed by atoms with van der Waals surface area (Å²) in [5.41, 5.74) is 3.33. The minimum absolute atomic E-state index is 0.253. The monoisotopic (exact) mass is 331 g/mol. The molecular formula is C13H13F4N5O. The van der Waals surface area contributed by atoms with E-state index in [1.54, 1.807) is 6.92 Å². The highest BCUT2D eigenvalue weighted by atomic mass is 19.4. The van der Waals surface area contributed by atoms with Crippen LogP contribution in [-0.2, 0) is 0 Å². The molecule has 2 heterocycles. The maximum absolute atomic E-state index is 13.9. The summed E-state index contributed by atoms with van der Waals surface area (Å²) in [5.74, 6) is 3.76. The minimum Gasteiger partial charge on any atom is -0.463 e. The number of nitrogen functional groups attached to an aromatic ring is 1. The normalized spacial score (nSPS) is 12.8. The molecule has 23 heavy (non-hydrogen) atoms. The van der Waals surface area contributed by atoms with Gasteiger partial charge in [0, 0.05) is 11.8 Å². The number of rotatable bonds is 4. The van der Waals surface area contributed by atoms with Crippen molar-refractivity contribution < 1.29 is 22.3 Å². The predicted octanol–water partition coefficient (Wildman–Crippen LogP) is 2.60. The molecular weight excluding hydrogens is 318 g/mol. The third-order valence-corrected chi connectivity index (χ3v) is 2.92. The molecule has 2 aromatic rings. The fourth-order valence-electron chi connectivity index (χ4n) is 1.71. The van der Waals surface area contributed by atoms with Crippen LogP contribution in [0.15, 0.2) is 18.5 Å². The van der Waals surface area contributed by atoms with Crippen molar-refractivity contribution in [1.29, 1.82) is 0 Å². The molecule has 0 radical (unpaired) electrons. The third-order valence-electron chi connectivity index (χ3n) is 2.92. The number of alkyl halides is 3. The van der Waals surface area contributed by atoms with Gasteiger partial charge in [-0.3, -0.25) is 4.98 Å². The van der Waals surface area contributed by atoms with E-state index in [2.05, 4.69) is 25.1 Å². The number of pyridine rings is 1. The van der Waals surface area contributed by atoms with Crippen LogP contribution in [0, 0.1) is 12.7 Å². The summed E-state index contributed by atoms with van der Waals surface area (Å²) in [6, 6.07) is 0.984. The van der Waals surface area contributed by atoms with Gasteiger partial charge in [-0.25, -0.2) is 20.2 Å². The molecule has 2 aromatic heterocycles. The number of ether oxygens (including phenoxy) is 1. The third kappa shape index (κ3) is 3.83. The van der Waals surface area contributed by atoms with E-state index in [-0.39, 0.29) is 5.56 Å². The van der Waals surface area contributed by atoms with Crippen molar-refractivity contribution >= 4 is 5.82 Å². The molecule has 6 nitrogen and oxygen atoms in total. The van der Waals surface area contributed by atoms with Crippen LogP contribution in [0.5, 0.6) is 5.88 Å². The first-order valence-corrected chi connectivity index (χ1v) is 6.42. The molecule has 0 amide bonds. The van der Waals surface area contributed by atoms with Gasteiger partial charge >= 0.3 is 6.18 Å². The van der Waals surface area contributed by atoms with Crippen LogP contribution in [0.25, 0.3) is 11.3 Å². The number of nitrogens with two attached hydrogens (primary N) is 1. The van der Waals surface area contributed by atoms with Gasteiger partial charge in [-0.2, -0.15) is 13.2 Å². The molecule has 0 fully saturated rings. The van der Waals surface area contributed by atoms with Gasteiger partial charge in [0.05, 0.1) is 17.6 Å². The Morgan fingerprint density at radius 2 is 1.96 bits per heavy atom. The van der Waals surface area contributed by atoms with Crippen molar-refractivity contribution in [2.45, 2.75) is 26.1 Å². The van der Waals surface area contributed by atoms with Gasteiger partial charge in [-0.15, -0.1) is 0 Å². The summed E-state index contributed by atoms with van der Waals surface area (Å²) >= 11 is 0. The molecule has 0 aliphatic rings. The Labute approximate surface area is 128 Å². The van der Waals surface area contributed by atoms with Crippen molar-refractivity contribution in [3.63, 3.8) is 0 Å². The van der Waals surface area contributed by atoms with E-state index in [4.69, 9.17) is 5.84 Å². The number of nitrogens with zero attached hydrogens (tertiary/aromatic N) is 3. The van der Waals surface area contributed by atoms with Crippen molar-refractivity contribution in [3.8, 4) is 17.1 Å². The molecule has 0 saturated heterocycles. The van der Waals surface area contributed by atoms with Gasteiger partial charge in [0.15, 0.2) is 17.7 Å². The van der Waals surface area contributed by atoms with Gasteiger partial charge in [0.25, 0.3) is 5.88 Å². The van der Waals surface area contributed by atoms with E-state index in [0.717, 1.165) is 19.2 Å². The lowest BCUT2D eigenvalue weighted by molar-refractivity contribution is -0.190. The van der Waals surface area contributed by atoms with Crippen LogP contribution < -0.4 is 16.0 Å². The summed E-state index contributed by atoms with van der Waals surface area (Å²) in [6.07, 6.45) is -4.29. The Morgan fingerprint density at radius 3 is 2.48 bits per heavy atom. The van der Waals surface area contributed by atoms with Crippen LogP contribution in [0.2, 0.25) is 0 Å². The molecule has 2 rings (SSSR count). The lowest BCUT2D eigenvalue weighted by atomic mass is 10.1. The number of nitrogens with one attached hydrogen (secondary N) is 1. The van der Waals surface area contributed by atoms with E-state index in [1.807, 2.05) is 0 Å². The largest absolute Gasteiger partial charge is 0.463 e. The fourth-order valence-corrected chi connectivity index (χ4v) is 1.71. The Balaban J connectivity index is 2.29. The second-order valence-corrected chi connectivity index (χ2v) is 4.65. The number of hydrazine groups is 1. The zero-order valence-corrected chi connectivity index (χ0v) is 12.1. The smallest absolute Gasteiger partial charge is 0.425 e. The van der Waals surface area contributed by atoms with Gasteiger partial charge in [-0.1, -0.05) is 0 Å². The standard InChI is InChI=1S/C13H13F4N5O/c1-6-11(19-5-10(21-6)22-18)8-3-9(14)12(20-4-8)23-7(2)13(15,16)17/h3-5,7H,18H2,1-2H3,(H,21,22)/t7-/m1/s1. The van der Waals surface area contributed by atoms with Gasteiger partial charge in [0.2, 0.25) is 0 Å². The van der Waals surface area contributed by atoms with Crippen molar-refractivity contribution in [2.75, 3.05) is 5.43 Å². The number of hydrogen-bond acceptors (Lipinski definition) is 6. The van der Waals surface area contributed by atoms with E-state index in [0.29, 0.717) is 17.2 Å². The molecule has 124 valence electrons. The van der Waals surface area contributed by atoms with Crippen LogP contribution in [0.4, 0.5) is 23.4 Å². The van der Waals surface area contributed by atoms with Gasteiger partial charge in [0.1, 0.15) is 0 Å². The summed E-state index contributed by atoms with van der Waals surface area (Å²) in [4.78, 5) is 11.7. The molecule has 0 aliphatic carbocycles. The molecule has 0 bridgehead atoms. The van der Waals surface area contributed by atoms with Crippen LogP contribution in [-0.4, -0.2) is 27.2 Å². The Morgan fingerprint density at radius 1 is 1.26 bits per heavy atom. The Kier molecular flexibility index (Phi) is 4.64. The summed E-state index contributed by atoms with van der Waals surface area (Å²) in [5, 5.41) is 0. The maximum atomic E-state index is 13.9. The first kappa shape index (κ1) is 16.9. The van der Waals surface area contributed by atoms with E-state index in [1.165, 1.54) is 6.20 Å². The molecule has 0 unspecified atom stereocenters. The van der Waals surface area contributed by atoms with E-state index in [9.17, 15) is 17.6 Å². The lowest BCUT2D eigenvalue weighted by Gasteiger charge is -2.17. The summed E-state index contributed by atoms with van der Waals surface area (Å²) in [6.45, 7) is 2.39. The number of hydrogen-bond donors (Lipinski definition) is 2. The van der Waals surface area contributed by atoms with Gasteiger partial charge < -0.3 is 10.2 Å². The zero-order valence-electron chi connectivity index (χ0n) is 12.1. The van der Waals surface area contributed by atoms with Crippen LogP contribution >= 0.6 is 0 Å². The van der Waals surface area contributed by atoms with Crippen molar-refractivity contribution in [2.24, 2.45) is 5.84 Å². The summed E-state index contributed by atoms with van der Waals surface area (Å²) < 4.78 is 55.7. The number of halogens is 4. The van der Waals surface area contributed by atoms with Crippen molar-refractivity contribution in [1.82, 2.24) is 15.0 Å². The molecule has 0 spiro atoms. The van der Waals surface area contributed by atoms with Crippen LogP contribution in [0.1, 0.15) is 12.6 Å². The zero-order chi connectivity index (χ0) is 17.2. The first-order valence-electron chi connectivity index (χ1n) is 6.42. The lowest BCUT2D eigenvalue weighted by Crippen LogP contribution is -2.31. The molecule has 1 atom stereocenters. The maximum Gasteiger partial charge on any atom is 0.425 e. The van der Waals surface area contributed by atoms with Crippen LogP contribution in [0.3, 0.4) is 0 Å². The van der Waals surface area contributed by atoms with Gasteiger partial charge in [-0.05, 0) is 19.9 Å². The summed E-state index contributed by atoms with van der Waals surface area (Å²) in [7, 11) is 0. The molecule has 0 saturated carbocycles. The SMILES string of the molecule is Cc1nc(NN)cnc1-c1cnc(O[C@H](C)C(F)(F)F)c(F)c1.